The summed E-state index contributed by atoms with van der Waals surface area (Å²) in [6.45, 7) is 0.928. The maximum Gasteiger partial charge on any atom is 0.341 e. The van der Waals surface area contributed by atoms with Crippen LogP contribution in [0.1, 0.15) is 6.04 Å². The molecule has 9 heteroatoms. The van der Waals surface area contributed by atoms with Crippen molar-refractivity contribution < 1.29 is 14.2 Å². The van der Waals surface area contributed by atoms with E-state index in [1.54, 1.807) is 4.68 Å². The molecule has 0 bridgehead atoms. The van der Waals surface area contributed by atoms with Crippen LogP contribution in [0.25, 0.3) is 0 Å². The molecule has 1 aromatic heterocycles. The largest absolute Gasteiger partial charge is 0.423 e. The van der Waals surface area contributed by atoms with E-state index < -0.39 is 0 Å². The number of hydrogen-bond donors (Lipinski definition) is 1. The number of benzene rings is 1. The molecule has 0 unspecified atom stereocenters. The lowest BCUT2D eigenvalue weighted by molar-refractivity contribution is 0.0617. The van der Waals surface area contributed by atoms with Crippen LogP contribution in [0.2, 0.25) is 0 Å². The van der Waals surface area contributed by atoms with Gasteiger partial charge in [0.2, 0.25) is 0 Å². The Morgan fingerprint density at radius 2 is 2.08 bits per heavy atom. The van der Waals surface area contributed by atoms with E-state index in [4.69, 9.17) is 19.9 Å². The van der Waals surface area contributed by atoms with Gasteiger partial charge >= 0.3 is 6.01 Å². The Morgan fingerprint density at radius 1 is 1.25 bits per heavy atom. The molecule has 2 fully saturated rings. The summed E-state index contributed by atoms with van der Waals surface area (Å²) in [6.07, 6.45) is -0.275. The fourth-order valence-electron chi connectivity index (χ4n) is 3.11. The van der Waals surface area contributed by atoms with Gasteiger partial charge in [-0.15, -0.1) is 0 Å². The lowest BCUT2D eigenvalue weighted by atomic mass is 10.1. The Bertz CT molecular complexity index is 721. The highest BCUT2D eigenvalue weighted by Gasteiger charge is 2.48. The zero-order valence-corrected chi connectivity index (χ0v) is 13.6. The minimum atomic E-state index is -0.154. The van der Waals surface area contributed by atoms with Crippen LogP contribution in [0.3, 0.4) is 0 Å². The van der Waals surface area contributed by atoms with Gasteiger partial charge in [-0.3, -0.25) is 0 Å². The summed E-state index contributed by atoms with van der Waals surface area (Å²) in [5, 5.41) is 11.8. The number of fused-ring (bicyclic) bond motifs is 1. The van der Waals surface area contributed by atoms with Crippen molar-refractivity contribution in [3.63, 3.8) is 0 Å². The summed E-state index contributed by atoms with van der Waals surface area (Å²) in [5.74, 6) is 0.664. The second kappa shape index (κ2) is 6.00. The Kier molecular flexibility index (Phi) is 3.83. The fraction of sp³-hybridized carbons (Fsp3) is 0.533. The number of rotatable bonds is 4. The van der Waals surface area contributed by atoms with Crippen molar-refractivity contribution in [3.8, 4) is 11.8 Å². The van der Waals surface area contributed by atoms with Crippen molar-refractivity contribution in [2.45, 2.75) is 24.3 Å². The zero-order chi connectivity index (χ0) is 16.7. The molecular weight excluding hydrogens is 312 g/mol. The predicted molar refractivity (Wildman–Crippen MR) is 85.2 cm³/mol. The first-order valence-corrected chi connectivity index (χ1v) is 7.85. The van der Waals surface area contributed by atoms with Crippen molar-refractivity contribution in [2.75, 3.05) is 32.2 Å². The van der Waals surface area contributed by atoms with Crippen molar-refractivity contribution in [1.29, 1.82) is 0 Å². The highest BCUT2D eigenvalue weighted by Crippen LogP contribution is 2.35. The smallest absolute Gasteiger partial charge is 0.341 e. The van der Waals surface area contributed by atoms with Crippen molar-refractivity contribution >= 4 is 5.69 Å². The van der Waals surface area contributed by atoms with E-state index in [1.165, 1.54) is 0 Å². The molecule has 2 aliphatic heterocycles. The van der Waals surface area contributed by atoms with E-state index >= 15 is 0 Å². The van der Waals surface area contributed by atoms with Gasteiger partial charge in [0.1, 0.15) is 24.0 Å². The van der Waals surface area contributed by atoms with E-state index in [2.05, 4.69) is 15.5 Å². The normalized spacial score (nSPS) is 28.8. The van der Waals surface area contributed by atoms with E-state index in [1.807, 2.05) is 43.3 Å². The number of aromatic nitrogens is 4. The summed E-state index contributed by atoms with van der Waals surface area (Å²) in [5.41, 5.74) is 7.02. The molecule has 1 aromatic carbocycles. The molecule has 128 valence electrons. The summed E-state index contributed by atoms with van der Waals surface area (Å²) >= 11 is 0. The quantitative estimate of drug-likeness (QED) is 0.847. The van der Waals surface area contributed by atoms with Gasteiger partial charge in [-0.05, 0) is 22.6 Å². The van der Waals surface area contributed by atoms with Crippen LogP contribution in [0, 0.1) is 0 Å². The number of nitrogens with zero attached hydrogens (tertiary/aromatic N) is 5. The highest BCUT2D eigenvalue weighted by atomic mass is 16.6. The molecule has 0 aliphatic carbocycles. The zero-order valence-electron chi connectivity index (χ0n) is 13.6. The topological polar surface area (TPSA) is 101 Å². The third kappa shape index (κ3) is 2.60. The van der Waals surface area contributed by atoms with Crippen LogP contribution in [0.4, 0.5) is 5.69 Å². The summed E-state index contributed by atoms with van der Waals surface area (Å²) in [6, 6.07) is 7.76. The second-order valence-corrected chi connectivity index (χ2v) is 6.23. The number of hydrogen-bond acceptors (Lipinski definition) is 8. The van der Waals surface area contributed by atoms with Gasteiger partial charge in [0.05, 0.1) is 19.3 Å². The van der Waals surface area contributed by atoms with Gasteiger partial charge in [-0.1, -0.05) is 11.2 Å². The van der Waals surface area contributed by atoms with Crippen LogP contribution in [-0.4, -0.2) is 65.8 Å². The second-order valence-electron chi connectivity index (χ2n) is 6.23. The predicted octanol–water partition coefficient (Wildman–Crippen LogP) is 0.197. The first-order chi connectivity index (χ1) is 11.6. The molecule has 0 radical (unpaired) electrons. The highest BCUT2D eigenvalue weighted by molar-refractivity contribution is 5.49. The molecule has 0 amide bonds. The molecule has 24 heavy (non-hydrogen) atoms. The average molecular weight is 332 g/mol. The summed E-state index contributed by atoms with van der Waals surface area (Å²) < 4.78 is 19.0. The van der Waals surface area contributed by atoms with Gasteiger partial charge in [-0.25, -0.2) is 0 Å². The van der Waals surface area contributed by atoms with Gasteiger partial charge < -0.3 is 24.8 Å². The molecular formula is C15H20N6O3. The first kappa shape index (κ1) is 15.3. The molecule has 2 aromatic rings. The Balaban J connectivity index is 1.56. The molecule has 4 rings (SSSR count). The van der Waals surface area contributed by atoms with E-state index in [-0.39, 0.29) is 24.3 Å². The van der Waals surface area contributed by atoms with Crippen LogP contribution < -0.4 is 15.4 Å². The van der Waals surface area contributed by atoms with Crippen LogP contribution in [0.15, 0.2) is 24.3 Å². The van der Waals surface area contributed by atoms with Crippen LogP contribution in [0.5, 0.6) is 11.8 Å². The molecule has 0 saturated carbocycles. The monoisotopic (exact) mass is 332 g/mol. The van der Waals surface area contributed by atoms with Crippen molar-refractivity contribution in [2.24, 2.45) is 5.73 Å². The molecule has 2 saturated heterocycles. The number of ether oxygens (including phenoxy) is 3. The lowest BCUT2D eigenvalue weighted by Gasteiger charge is -2.17. The standard InChI is InChI=1S/C15H20N6O3/c1-20(2)9-4-3-5-10(6-9)24-15-17-18-19-21(15)12-8-23-13-11(16)7-22-14(12)13/h3-6,11-14H,7-8,16H2,1-2H3/t11-,12+,13-,14+/m0/s1. The Labute approximate surface area is 139 Å². The summed E-state index contributed by atoms with van der Waals surface area (Å²) in [7, 11) is 3.94. The van der Waals surface area contributed by atoms with Crippen molar-refractivity contribution in [1.82, 2.24) is 20.2 Å². The third-order valence-electron chi connectivity index (χ3n) is 4.39. The molecule has 3 heterocycles. The van der Waals surface area contributed by atoms with E-state index in [0.717, 1.165) is 5.69 Å². The fourth-order valence-corrected chi connectivity index (χ4v) is 3.11. The SMILES string of the molecule is CN(C)c1cccc(Oc2nnnn2[C@@H]2CO[C@@H]3[C@@H]2OC[C@@H]3N)c1. The Morgan fingerprint density at radius 3 is 2.92 bits per heavy atom. The van der Waals surface area contributed by atoms with Gasteiger partial charge in [-0.2, -0.15) is 4.68 Å². The number of tetrazole rings is 1. The van der Waals surface area contributed by atoms with Crippen LogP contribution in [-0.2, 0) is 9.47 Å². The first-order valence-electron chi connectivity index (χ1n) is 7.85. The third-order valence-corrected chi connectivity index (χ3v) is 4.39. The Hall–Kier alpha value is -2.23. The van der Waals surface area contributed by atoms with Gasteiger partial charge in [0, 0.05) is 25.8 Å². The van der Waals surface area contributed by atoms with Gasteiger partial charge in [0.25, 0.3) is 0 Å². The molecule has 9 nitrogen and oxygen atoms in total. The maximum absolute atomic E-state index is 6.00. The minimum Gasteiger partial charge on any atom is -0.423 e. The van der Waals surface area contributed by atoms with Crippen molar-refractivity contribution in [3.05, 3.63) is 24.3 Å². The maximum atomic E-state index is 6.00. The average Bonchev–Trinajstić information content (AvgIpc) is 3.26. The number of nitrogens with two attached hydrogens (primary N) is 1. The molecule has 2 aliphatic rings. The number of anilines is 1. The molecule has 2 N–H and O–H groups in total. The minimum absolute atomic E-state index is 0.113. The van der Waals surface area contributed by atoms with E-state index in [0.29, 0.717) is 25.0 Å². The molecule has 0 spiro atoms. The lowest BCUT2D eigenvalue weighted by Crippen LogP contribution is -2.36. The van der Waals surface area contributed by atoms with E-state index in [9.17, 15) is 0 Å². The van der Waals surface area contributed by atoms with Crippen LogP contribution >= 0.6 is 0 Å². The molecule has 4 atom stereocenters. The summed E-state index contributed by atoms with van der Waals surface area (Å²) in [4.78, 5) is 2.00. The van der Waals surface area contributed by atoms with Gasteiger partial charge in [0.15, 0.2) is 0 Å².